The quantitative estimate of drug-likeness (QED) is 0.520. The zero-order chi connectivity index (χ0) is 18.8. The van der Waals surface area contributed by atoms with E-state index in [2.05, 4.69) is 15.5 Å². The summed E-state index contributed by atoms with van der Waals surface area (Å²) in [6.45, 7) is 1.75. The fourth-order valence-corrected chi connectivity index (χ4v) is 4.58. The molecular weight excluding hydrogens is 384 g/mol. The molecule has 9 heteroatoms. The minimum absolute atomic E-state index is 0.0799. The largest absolute Gasteiger partial charge is 0.360 e. The molecule has 0 unspecified atom stereocenters. The van der Waals surface area contributed by atoms with Crippen LogP contribution in [0, 0.1) is 6.92 Å². The number of hydrogen-bond donors (Lipinski definition) is 1. The highest BCUT2D eigenvalue weighted by Crippen LogP contribution is 2.29. The summed E-state index contributed by atoms with van der Waals surface area (Å²) in [5, 5.41) is 6.94. The lowest BCUT2D eigenvalue weighted by molar-refractivity contribution is -0.113. The summed E-state index contributed by atoms with van der Waals surface area (Å²) < 4.78 is 6.52. The minimum atomic E-state index is -0.239. The maximum atomic E-state index is 13.0. The van der Waals surface area contributed by atoms with Gasteiger partial charge in [-0.2, -0.15) is 0 Å². The van der Waals surface area contributed by atoms with Gasteiger partial charge in [0.25, 0.3) is 5.56 Å². The second-order valence-corrected chi connectivity index (χ2v) is 7.95. The van der Waals surface area contributed by atoms with Crippen LogP contribution in [0.5, 0.6) is 0 Å². The molecular formula is C18H16N4O3S2. The van der Waals surface area contributed by atoms with Gasteiger partial charge in [0.2, 0.25) is 5.91 Å². The monoisotopic (exact) mass is 400 g/mol. The summed E-state index contributed by atoms with van der Waals surface area (Å²) in [4.78, 5) is 30.6. The van der Waals surface area contributed by atoms with Crippen molar-refractivity contribution in [1.29, 1.82) is 0 Å². The molecule has 0 spiro atoms. The smallest absolute Gasteiger partial charge is 0.272 e. The van der Waals surface area contributed by atoms with Crippen molar-refractivity contribution in [3.05, 3.63) is 58.2 Å². The molecule has 4 rings (SSSR count). The summed E-state index contributed by atoms with van der Waals surface area (Å²) in [6, 6.07) is 11.0. The third kappa shape index (κ3) is 3.79. The molecule has 3 aromatic rings. The third-order valence-corrected chi connectivity index (χ3v) is 5.95. The standard InChI is InChI=1S/C18H16N4O3S2/c1-11-9-14(21-25-11)20-15(23)10-27-18-19-13-7-8-26-16(13)17(24)22(18)12-5-3-2-4-6-12/h2-6,9H,7-8,10H2,1H3,(H,20,21,23). The molecule has 0 atom stereocenters. The number of nitrogens with one attached hydrogen (secondary N) is 1. The van der Waals surface area contributed by atoms with Crippen molar-refractivity contribution in [3.8, 4) is 5.69 Å². The van der Waals surface area contributed by atoms with Gasteiger partial charge in [-0.15, -0.1) is 11.8 Å². The molecule has 0 saturated carbocycles. The Kier molecular flexibility index (Phi) is 5.04. The average Bonchev–Trinajstić information content (AvgIpc) is 3.30. The Hall–Kier alpha value is -2.52. The highest BCUT2D eigenvalue weighted by atomic mass is 32.2. The van der Waals surface area contributed by atoms with Gasteiger partial charge in [-0.3, -0.25) is 14.2 Å². The first kappa shape index (κ1) is 17.9. The summed E-state index contributed by atoms with van der Waals surface area (Å²) in [5.41, 5.74) is 1.47. The molecule has 1 aliphatic rings. The van der Waals surface area contributed by atoms with Gasteiger partial charge < -0.3 is 9.84 Å². The van der Waals surface area contributed by atoms with Crippen molar-refractivity contribution < 1.29 is 9.32 Å². The van der Waals surface area contributed by atoms with Gasteiger partial charge in [0.05, 0.1) is 22.0 Å². The predicted octanol–water partition coefficient (Wildman–Crippen LogP) is 2.91. The van der Waals surface area contributed by atoms with E-state index in [-0.39, 0.29) is 17.2 Å². The maximum absolute atomic E-state index is 13.0. The number of thioether (sulfide) groups is 2. The molecule has 0 radical (unpaired) electrons. The minimum Gasteiger partial charge on any atom is -0.360 e. The fraction of sp³-hybridized carbons (Fsp3) is 0.222. The van der Waals surface area contributed by atoms with Crippen molar-refractivity contribution >= 4 is 35.2 Å². The maximum Gasteiger partial charge on any atom is 0.272 e. The lowest BCUT2D eigenvalue weighted by Gasteiger charge is -2.13. The van der Waals surface area contributed by atoms with Gasteiger partial charge >= 0.3 is 0 Å². The van der Waals surface area contributed by atoms with Crippen LogP contribution in [-0.4, -0.2) is 32.1 Å². The number of hydrogen-bond acceptors (Lipinski definition) is 7. The Morgan fingerprint density at radius 3 is 2.93 bits per heavy atom. The first-order valence-corrected chi connectivity index (χ1v) is 10.3. The van der Waals surface area contributed by atoms with E-state index in [1.807, 2.05) is 30.3 Å². The molecule has 0 aliphatic carbocycles. The molecule has 2 aromatic heterocycles. The number of carbonyl (C=O) groups is 1. The Morgan fingerprint density at radius 2 is 2.19 bits per heavy atom. The molecule has 0 bridgehead atoms. The van der Waals surface area contributed by atoms with Gasteiger partial charge in [0.1, 0.15) is 5.76 Å². The molecule has 3 heterocycles. The van der Waals surface area contributed by atoms with E-state index in [1.54, 1.807) is 17.6 Å². The van der Waals surface area contributed by atoms with Gasteiger partial charge in [-0.25, -0.2) is 4.98 Å². The fourth-order valence-electron chi connectivity index (χ4n) is 2.73. The Morgan fingerprint density at radius 1 is 1.37 bits per heavy atom. The third-order valence-electron chi connectivity index (χ3n) is 3.91. The normalized spacial score (nSPS) is 12.8. The average molecular weight is 400 g/mol. The van der Waals surface area contributed by atoms with Crippen molar-refractivity contribution in [1.82, 2.24) is 14.7 Å². The van der Waals surface area contributed by atoms with Crippen molar-refractivity contribution in [3.63, 3.8) is 0 Å². The van der Waals surface area contributed by atoms with Crippen LogP contribution in [0.1, 0.15) is 11.5 Å². The second-order valence-electron chi connectivity index (χ2n) is 5.90. The number of nitrogens with zero attached hydrogens (tertiary/aromatic N) is 3. The SMILES string of the molecule is Cc1cc(NC(=O)CSc2nc3c(c(=O)n2-c2ccccc2)SCC3)no1. The first-order valence-electron chi connectivity index (χ1n) is 8.32. The lowest BCUT2D eigenvalue weighted by atomic mass is 10.3. The molecule has 0 saturated heterocycles. The van der Waals surface area contributed by atoms with Gasteiger partial charge in [-0.05, 0) is 19.1 Å². The zero-order valence-electron chi connectivity index (χ0n) is 14.5. The highest BCUT2D eigenvalue weighted by Gasteiger charge is 2.23. The van der Waals surface area contributed by atoms with E-state index in [0.29, 0.717) is 21.6 Å². The molecule has 1 aromatic carbocycles. The van der Waals surface area contributed by atoms with Crippen molar-refractivity contribution in [2.24, 2.45) is 0 Å². The molecule has 1 aliphatic heterocycles. The molecule has 7 nitrogen and oxygen atoms in total. The Labute approximate surface area is 163 Å². The Bertz CT molecular complexity index is 1050. The van der Waals surface area contributed by atoms with Crippen LogP contribution in [0.25, 0.3) is 5.69 Å². The molecule has 138 valence electrons. The van der Waals surface area contributed by atoms with Crippen LogP contribution >= 0.6 is 23.5 Å². The summed E-state index contributed by atoms with van der Waals surface area (Å²) in [6.07, 6.45) is 0.767. The molecule has 1 N–H and O–H groups in total. The van der Waals surface area contributed by atoms with Gasteiger partial charge in [0, 0.05) is 18.2 Å². The van der Waals surface area contributed by atoms with E-state index in [9.17, 15) is 9.59 Å². The number of benzene rings is 1. The summed E-state index contributed by atoms with van der Waals surface area (Å²) in [7, 11) is 0. The van der Waals surface area contributed by atoms with Crippen LogP contribution in [0.15, 0.2) is 55.8 Å². The van der Waals surface area contributed by atoms with E-state index in [4.69, 9.17) is 4.52 Å². The van der Waals surface area contributed by atoms with E-state index in [1.165, 1.54) is 23.5 Å². The van der Waals surface area contributed by atoms with Crippen LogP contribution in [0.4, 0.5) is 5.82 Å². The van der Waals surface area contributed by atoms with Gasteiger partial charge in [-0.1, -0.05) is 35.1 Å². The van der Waals surface area contributed by atoms with Crippen LogP contribution in [0.2, 0.25) is 0 Å². The topological polar surface area (TPSA) is 90.0 Å². The van der Waals surface area contributed by atoms with Crippen LogP contribution in [0.3, 0.4) is 0 Å². The number of fused-ring (bicyclic) bond motifs is 1. The zero-order valence-corrected chi connectivity index (χ0v) is 16.1. The van der Waals surface area contributed by atoms with E-state index in [0.717, 1.165) is 23.6 Å². The molecule has 0 fully saturated rings. The van der Waals surface area contributed by atoms with E-state index >= 15 is 0 Å². The summed E-state index contributed by atoms with van der Waals surface area (Å²) >= 11 is 2.77. The Balaban J connectivity index is 1.61. The first-order chi connectivity index (χ1) is 13.1. The lowest BCUT2D eigenvalue weighted by Crippen LogP contribution is -2.24. The second kappa shape index (κ2) is 7.61. The van der Waals surface area contributed by atoms with Crippen LogP contribution in [-0.2, 0) is 11.2 Å². The van der Waals surface area contributed by atoms with Crippen molar-refractivity contribution in [2.75, 3.05) is 16.8 Å². The highest BCUT2D eigenvalue weighted by molar-refractivity contribution is 8.00. The number of aryl methyl sites for hydroxylation is 2. The number of carbonyl (C=O) groups excluding carboxylic acids is 1. The number of amides is 1. The summed E-state index contributed by atoms with van der Waals surface area (Å²) in [5.74, 6) is 1.71. The van der Waals surface area contributed by atoms with Gasteiger partial charge in [0.15, 0.2) is 11.0 Å². The van der Waals surface area contributed by atoms with Crippen LogP contribution < -0.4 is 10.9 Å². The number of aromatic nitrogens is 3. The van der Waals surface area contributed by atoms with Crippen molar-refractivity contribution in [2.45, 2.75) is 23.4 Å². The molecule has 1 amide bonds. The number of anilines is 1. The predicted molar refractivity (Wildman–Crippen MR) is 105 cm³/mol. The number of rotatable bonds is 5. The molecule has 27 heavy (non-hydrogen) atoms. The number of para-hydroxylation sites is 1. The van der Waals surface area contributed by atoms with E-state index < -0.39 is 0 Å².